The fourth-order valence-corrected chi connectivity index (χ4v) is 9.96. The van der Waals surface area contributed by atoms with Crippen molar-refractivity contribution in [1.29, 1.82) is 0 Å². The first-order chi connectivity index (χ1) is 30.7. The van der Waals surface area contributed by atoms with Crippen LogP contribution in [0.15, 0.2) is 247 Å². The normalized spacial score (nSPS) is 12.6. The molecule has 1 aromatic heterocycles. The molecule has 0 unspecified atom stereocenters. The van der Waals surface area contributed by atoms with Gasteiger partial charge in [0.2, 0.25) is 0 Å². The second kappa shape index (κ2) is 14.5. The number of fused-ring (bicyclic) bond motifs is 7. The number of rotatable bonds is 8. The van der Waals surface area contributed by atoms with Crippen LogP contribution in [0.25, 0.3) is 43.8 Å². The van der Waals surface area contributed by atoms with E-state index in [2.05, 4.69) is 252 Å². The zero-order valence-corrected chi connectivity index (χ0v) is 33.9. The van der Waals surface area contributed by atoms with Gasteiger partial charge in [-0.05, 0) is 135 Å². The first-order valence-corrected chi connectivity index (χ1v) is 21.2. The molecule has 1 aliphatic rings. The zero-order valence-electron chi connectivity index (χ0n) is 33.9. The molecule has 1 heterocycles. The maximum atomic E-state index is 6.49. The summed E-state index contributed by atoms with van der Waals surface area (Å²) in [4.78, 5) is 4.75. The molecular weight excluding hydrogens is 753 g/mol. The lowest BCUT2D eigenvalue weighted by Crippen LogP contribution is -2.28. The fraction of sp³-hybridized carbons (Fsp3) is 0.0169. The van der Waals surface area contributed by atoms with Gasteiger partial charge < -0.3 is 14.2 Å². The molecule has 292 valence electrons. The van der Waals surface area contributed by atoms with Gasteiger partial charge in [-0.1, -0.05) is 152 Å². The molecule has 11 aromatic rings. The maximum absolute atomic E-state index is 6.49. The van der Waals surface area contributed by atoms with E-state index in [0.717, 1.165) is 56.1 Å². The largest absolute Gasteiger partial charge is 0.456 e. The van der Waals surface area contributed by atoms with E-state index in [0.29, 0.717) is 0 Å². The predicted molar refractivity (Wildman–Crippen MR) is 258 cm³/mol. The van der Waals surface area contributed by atoms with Gasteiger partial charge in [0.1, 0.15) is 11.2 Å². The van der Waals surface area contributed by atoms with Gasteiger partial charge in [-0.15, -0.1) is 0 Å². The van der Waals surface area contributed by atoms with Gasteiger partial charge in [-0.3, -0.25) is 0 Å². The standard InChI is InChI=1S/C59H40N2O/c1-6-20-43(21-7-1)59(44-22-8-2-9-23-44)55-34-31-48(60(45-24-10-3-11-25-45)46-26-12-4-13-27-46)38-52(55)51-33-30-50(40-56(51)59)61(47-28-14-5-15-29-47)49-32-35-57-54(39-49)53-36-41-18-16-17-19-42(41)37-58(53)62-57/h1-40H. The molecule has 12 rings (SSSR count). The van der Waals surface area contributed by atoms with Crippen LogP contribution in [0.2, 0.25) is 0 Å². The van der Waals surface area contributed by atoms with Crippen molar-refractivity contribution in [3.8, 4) is 11.1 Å². The van der Waals surface area contributed by atoms with Gasteiger partial charge >= 0.3 is 0 Å². The van der Waals surface area contributed by atoms with E-state index in [1.165, 1.54) is 44.2 Å². The molecule has 0 radical (unpaired) electrons. The van der Waals surface area contributed by atoms with Crippen molar-refractivity contribution in [2.45, 2.75) is 5.41 Å². The highest BCUT2D eigenvalue weighted by atomic mass is 16.3. The van der Waals surface area contributed by atoms with Crippen molar-refractivity contribution < 1.29 is 4.42 Å². The fourth-order valence-electron chi connectivity index (χ4n) is 9.96. The number of nitrogens with zero attached hydrogens (tertiary/aromatic N) is 2. The van der Waals surface area contributed by atoms with Crippen LogP contribution < -0.4 is 9.80 Å². The molecule has 62 heavy (non-hydrogen) atoms. The smallest absolute Gasteiger partial charge is 0.136 e. The van der Waals surface area contributed by atoms with Gasteiger partial charge in [0.05, 0.1) is 5.41 Å². The van der Waals surface area contributed by atoms with E-state index < -0.39 is 5.41 Å². The molecule has 0 fully saturated rings. The summed E-state index contributed by atoms with van der Waals surface area (Å²) in [5.41, 5.74) is 15.1. The third kappa shape index (κ3) is 5.67. The van der Waals surface area contributed by atoms with Crippen LogP contribution in [0.3, 0.4) is 0 Å². The van der Waals surface area contributed by atoms with Crippen LogP contribution in [-0.2, 0) is 5.41 Å². The van der Waals surface area contributed by atoms with Crippen LogP contribution in [0, 0.1) is 0 Å². The molecule has 0 amide bonds. The molecule has 10 aromatic carbocycles. The maximum Gasteiger partial charge on any atom is 0.136 e. The van der Waals surface area contributed by atoms with Crippen molar-refractivity contribution in [1.82, 2.24) is 0 Å². The van der Waals surface area contributed by atoms with Crippen LogP contribution in [-0.4, -0.2) is 0 Å². The average molecular weight is 793 g/mol. The minimum Gasteiger partial charge on any atom is -0.456 e. The van der Waals surface area contributed by atoms with Crippen LogP contribution >= 0.6 is 0 Å². The Hall–Kier alpha value is -8.14. The Balaban J connectivity index is 1.10. The highest BCUT2D eigenvalue weighted by Crippen LogP contribution is 2.58. The van der Waals surface area contributed by atoms with Gasteiger partial charge in [-0.2, -0.15) is 0 Å². The van der Waals surface area contributed by atoms with E-state index >= 15 is 0 Å². The topological polar surface area (TPSA) is 19.6 Å². The number of anilines is 6. The minimum absolute atomic E-state index is 0.597. The second-order valence-electron chi connectivity index (χ2n) is 16.1. The molecule has 0 saturated carbocycles. The molecule has 3 nitrogen and oxygen atoms in total. The quantitative estimate of drug-likeness (QED) is 0.153. The number of hydrogen-bond acceptors (Lipinski definition) is 3. The molecular formula is C59H40N2O. The summed E-state index contributed by atoms with van der Waals surface area (Å²) >= 11 is 0. The Morgan fingerprint density at radius 1 is 0.290 bits per heavy atom. The summed E-state index contributed by atoms with van der Waals surface area (Å²) < 4.78 is 6.49. The van der Waals surface area contributed by atoms with Crippen molar-refractivity contribution in [2.75, 3.05) is 9.80 Å². The Morgan fingerprint density at radius 2 is 0.742 bits per heavy atom. The average Bonchev–Trinajstić information content (AvgIpc) is 3.84. The lowest BCUT2D eigenvalue weighted by molar-refractivity contribution is 0.669. The summed E-state index contributed by atoms with van der Waals surface area (Å²) in [6, 6.07) is 87.8. The van der Waals surface area contributed by atoms with Crippen molar-refractivity contribution in [2.24, 2.45) is 0 Å². The SMILES string of the molecule is c1ccc(N(c2ccccc2)c2ccc3c(c2)-c2ccc(N(c4ccccc4)c4ccc5oc6cc7ccccc7cc6c5c4)cc2C3(c2ccccc2)c2ccccc2)cc1. The Bertz CT molecular complexity index is 3320. The monoisotopic (exact) mass is 792 g/mol. The molecule has 0 spiro atoms. The Labute approximate surface area is 361 Å². The molecule has 0 saturated heterocycles. The number of furan rings is 1. The number of hydrogen-bond donors (Lipinski definition) is 0. The van der Waals surface area contributed by atoms with E-state index in [-0.39, 0.29) is 0 Å². The minimum atomic E-state index is -0.597. The molecule has 0 atom stereocenters. The summed E-state index contributed by atoms with van der Waals surface area (Å²) in [7, 11) is 0. The van der Waals surface area contributed by atoms with Crippen molar-refractivity contribution >= 4 is 66.8 Å². The molecule has 0 N–H and O–H groups in total. The lowest BCUT2D eigenvalue weighted by Gasteiger charge is -2.35. The van der Waals surface area contributed by atoms with Gasteiger partial charge in [0, 0.05) is 44.9 Å². The van der Waals surface area contributed by atoms with Crippen molar-refractivity contribution in [3.63, 3.8) is 0 Å². The summed E-state index contributed by atoms with van der Waals surface area (Å²) in [6.45, 7) is 0. The first-order valence-electron chi connectivity index (χ1n) is 21.2. The summed E-state index contributed by atoms with van der Waals surface area (Å²) in [5.74, 6) is 0. The lowest BCUT2D eigenvalue weighted by atomic mass is 9.67. The van der Waals surface area contributed by atoms with Gasteiger partial charge in [-0.25, -0.2) is 0 Å². The zero-order chi connectivity index (χ0) is 41.0. The van der Waals surface area contributed by atoms with Crippen LogP contribution in [0.1, 0.15) is 22.3 Å². The molecule has 3 heteroatoms. The van der Waals surface area contributed by atoms with E-state index in [4.69, 9.17) is 4.42 Å². The predicted octanol–water partition coefficient (Wildman–Crippen LogP) is 16.0. The third-order valence-corrected chi connectivity index (χ3v) is 12.7. The first kappa shape index (κ1) is 35.8. The Kier molecular flexibility index (Phi) is 8.39. The highest BCUT2D eigenvalue weighted by molar-refractivity contribution is 6.11. The number of benzene rings is 10. The van der Waals surface area contributed by atoms with Crippen LogP contribution in [0.5, 0.6) is 0 Å². The highest BCUT2D eigenvalue weighted by Gasteiger charge is 2.46. The Morgan fingerprint density at radius 3 is 1.34 bits per heavy atom. The van der Waals surface area contributed by atoms with Gasteiger partial charge in [0.25, 0.3) is 0 Å². The molecule has 0 aliphatic heterocycles. The number of para-hydroxylation sites is 3. The third-order valence-electron chi connectivity index (χ3n) is 12.7. The molecule has 1 aliphatic carbocycles. The summed E-state index contributed by atoms with van der Waals surface area (Å²) in [6.07, 6.45) is 0. The van der Waals surface area contributed by atoms with E-state index in [9.17, 15) is 0 Å². The van der Waals surface area contributed by atoms with Gasteiger partial charge in [0.15, 0.2) is 0 Å². The summed E-state index contributed by atoms with van der Waals surface area (Å²) in [5, 5.41) is 4.57. The second-order valence-corrected chi connectivity index (χ2v) is 16.1. The van der Waals surface area contributed by atoms with Crippen molar-refractivity contribution in [3.05, 3.63) is 265 Å². The van der Waals surface area contributed by atoms with E-state index in [1.54, 1.807) is 0 Å². The molecule has 0 bridgehead atoms. The van der Waals surface area contributed by atoms with E-state index in [1.807, 2.05) is 0 Å². The van der Waals surface area contributed by atoms with Crippen LogP contribution in [0.4, 0.5) is 34.1 Å².